The van der Waals surface area contributed by atoms with E-state index in [1.165, 1.54) is 0 Å². The van der Waals surface area contributed by atoms with E-state index in [0.717, 1.165) is 38.4 Å². The van der Waals surface area contributed by atoms with E-state index in [-0.39, 0.29) is 30.4 Å². The molecule has 20 heavy (non-hydrogen) atoms. The Hall–Kier alpha value is -0.660. The molecule has 1 saturated heterocycles. The molecule has 1 amide bonds. The predicted octanol–water partition coefficient (Wildman–Crippen LogP) is 0.0793. The number of nitrogens with one attached hydrogen (secondary N) is 1. The van der Waals surface area contributed by atoms with Gasteiger partial charge in [0, 0.05) is 31.5 Å². The number of carbonyl (C=O) groups excluding carboxylic acids is 1. The predicted molar refractivity (Wildman–Crippen MR) is 75.6 cm³/mol. The van der Waals surface area contributed by atoms with Gasteiger partial charge in [0.25, 0.3) is 0 Å². The Morgan fingerprint density at radius 1 is 1.40 bits per heavy atom. The molecule has 1 spiro atoms. The maximum Gasteiger partial charge on any atom is 0.223 e. The number of nitrogens with zero attached hydrogens (tertiary/aromatic N) is 1. The molecule has 2 aliphatic rings. The number of sulfonamides is 1. The number of amides is 1. The van der Waals surface area contributed by atoms with Gasteiger partial charge in [0.15, 0.2) is 0 Å². The third kappa shape index (κ3) is 3.71. The summed E-state index contributed by atoms with van der Waals surface area (Å²) in [5.74, 6) is -0.0284. The monoisotopic (exact) mass is 304 g/mol. The molecule has 1 heterocycles. The van der Waals surface area contributed by atoms with Crippen molar-refractivity contribution in [3.63, 3.8) is 0 Å². The summed E-state index contributed by atoms with van der Waals surface area (Å²) >= 11 is 0. The van der Waals surface area contributed by atoms with E-state index in [4.69, 9.17) is 0 Å². The highest BCUT2D eigenvalue weighted by atomic mass is 32.2. The summed E-state index contributed by atoms with van der Waals surface area (Å²) in [5, 5.41) is 10.2. The van der Waals surface area contributed by atoms with Crippen LogP contribution in [-0.4, -0.2) is 56.3 Å². The largest absolute Gasteiger partial charge is 0.392 e. The SMILES string of the molecule is CS(=O)(=O)NCCC(=O)N1CCC[C@]2(CCC[C@H]2O)C1. The fourth-order valence-corrected chi connectivity index (χ4v) is 3.94. The highest BCUT2D eigenvalue weighted by Crippen LogP contribution is 2.45. The van der Waals surface area contributed by atoms with E-state index < -0.39 is 10.0 Å². The van der Waals surface area contributed by atoms with E-state index in [2.05, 4.69) is 4.72 Å². The Balaban J connectivity index is 1.87. The minimum absolute atomic E-state index is 0.0284. The van der Waals surface area contributed by atoms with E-state index >= 15 is 0 Å². The average Bonchev–Trinajstić information content (AvgIpc) is 2.69. The maximum atomic E-state index is 12.1. The first-order valence-corrected chi connectivity index (χ1v) is 9.12. The average molecular weight is 304 g/mol. The van der Waals surface area contributed by atoms with Crippen molar-refractivity contribution in [3.8, 4) is 0 Å². The highest BCUT2D eigenvalue weighted by Gasteiger charge is 2.45. The fourth-order valence-electron chi connectivity index (χ4n) is 3.47. The van der Waals surface area contributed by atoms with Crippen LogP contribution >= 0.6 is 0 Å². The Labute approximate surface area is 120 Å². The molecule has 7 heteroatoms. The van der Waals surface area contributed by atoms with Crippen LogP contribution in [-0.2, 0) is 14.8 Å². The first-order valence-electron chi connectivity index (χ1n) is 7.23. The lowest BCUT2D eigenvalue weighted by atomic mass is 9.76. The Morgan fingerprint density at radius 3 is 2.70 bits per heavy atom. The van der Waals surface area contributed by atoms with Crippen molar-refractivity contribution in [2.75, 3.05) is 25.9 Å². The van der Waals surface area contributed by atoms with Gasteiger partial charge in [-0.1, -0.05) is 6.42 Å². The van der Waals surface area contributed by atoms with Crippen LogP contribution in [0.3, 0.4) is 0 Å². The van der Waals surface area contributed by atoms with Crippen LogP contribution in [0.15, 0.2) is 0 Å². The summed E-state index contributed by atoms with van der Waals surface area (Å²) in [6, 6.07) is 0. The number of aliphatic hydroxyl groups excluding tert-OH is 1. The van der Waals surface area contributed by atoms with Gasteiger partial charge in [-0.05, 0) is 25.7 Å². The van der Waals surface area contributed by atoms with Crippen LogP contribution in [0.1, 0.15) is 38.5 Å². The summed E-state index contributed by atoms with van der Waals surface area (Å²) < 4.78 is 24.3. The molecule has 0 bridgehead atoms. The second-order valence-corrected chi connectivity index (χ2v) is 7.94. The van der Waals surface area contributed by atoms with Crippen molar-refractivity contribution in [1.29, 1.82) is 0 Å². The smallest absolute Gasteiger partial charge is 0.223 e. The quantitative estimate of drug-likeness (QED) is 0.770. The zero-order valence-electron chi connectivity index (χ0n) is 12.0. The number of rotatable bonds is 4. The summed E-state index contributed by atoms with van der Waals surface area (Å²) in [5.41, 5.74) is -0.113. The van der Waals surface area contributed by atoms with Crippen molar-refractivity contribution in [2.45, 2.75) is 44.6 Å². The topological polar surface area (TPSA) is 86.7 Å². The van der Waals surface area contributed by atoms with E-state index in [1.54, 1.807) is 4.90 Å². The molecule has 116 valence electrons. The molecule has 1 aliphatic heterocycles. The Kier molecular flexibility index (Phi) is 4.71. The molecule has 2 atom stereocenters. The van der Waals surface area contributed by atoms with Gasteiger partial charge in [-0.2, -0.15) is 0 Å². The van der Waals surface area contributed by atoms with E-state index in [9.17, 15) is 18.3 Å². The number of hydrogen-bond donors (Lipinski definition) is 2. The first kappa shape index (κ1) is 15.7. The minimum atomic E-state index is -3.24. The van der Waals surface area contributed by atoms with Crippen LogP contribution < -0.4 is 4.72 Å². The van der Waals surface area contributed by atoms with Crippen LogP contribution in [0.2, 0.25) is 0 Å². The van der Waals surface area contributed by atoms with Crippen molar-refractivity contribution in [2.24, 2.45) is 5.41 Å². The lowest BCUT2D eigenvalue weighted by molar-refractivity contribution is -0.136. The maximum absolute atomic E-state index is 12.1. The van der Waals surface area contributed by atoms with Crippen molar-refractivity contribution >= 4 is 15.9 Å². The zero-order chi connectivity index (χ0) is 14.8. The van der Waals surface area contributed by atoms with Crippen LogP contribution in [0.5, 0.6) is 0 Å². The van der Waals surface area contributed by atoms with Crippen LogP contribution in [0.4, 0.5) is 0 Å². The number of likely N-dealkylation sites (tertiary alicyclic amines) is 1. The number of aliphatic hydroxyl groups is 1. The molecule has 0 radical (unpaired) electrons. The fraction of sp³-hybridized carbons (Fsp3) is 0.923. The van der Waals surface area contributed by atoms with Gasteiger partial charge in [-0.3, -0.25) is 4.79 Å². The van der Waals surface area contributed by atoms with Gasteiger partial charge in [0.05, 0.1) is 12.4 Å². The third-order valence-electron chi connectivity index (χ3n) is 4.52. The normalized spacial score (nSPS) is 30.9. The minimum Gasteiger partial charge on any atom is -0.392 e. The van der Waals surface area contributed by atoms with Crippen molar-refractivity contribution in [3.05, 3.63) is 0 Å². The van der Waals surface area contributed by atoms with Crippen LogP contribution in [0, 0.1) is 5.41 Å². The summed E-state index contributed by atoms with van der Waals surface area (Å²) in [4.78, 5) is 13.9. The second kappa shape index (κ2) is 5.99. The molecular formula is C13H24N2O4S. The van der Waals surface area contributed by atoms with Gasteiger partial charge in [-0.15, -0.1) is 0 Å². The molecule has 1 saturated carbocycles. The molecule has 6 nitrogen and oxygen atoms in total. The highest BCUT2D eigenvalue weighted by molar-refractivity contribution is 7.88. The molecular weight excluding hydrogens is 280 g/mol. The number of carbonyl (C=O) groups is 1. The third-order valence-corrected chi connectivity index (χ3v) is 5.25. The van der Waals surface area contributed by atoms with Gasteiger partial charge < -0.3 is 10.0 Å². The number of piperidine rings is 1. The summed E-state index contributed by atoms with van der Waals surface area (Å²) in [7, 11) is -3.24. The Bertz CT molecular complexity index is 465. The van der Waals surface area contributed by atoms with Gasteiger partial charge in [0.1, 0.15) is 0 Å². The van der Waals surface area contributed by atoms with E-state index in [0.29, 0.717) is 13.1 Å². The summed E-state index contributed by atoms with van der Waals surface area (Å²) in [6.07, 6.45) is 5.71. The molecule has 2 fully saturated rings. The van der Waals surface area contributed by atoms with E-state index in [1.807, 2.05) is 0 Å². The molecule has 0 unspecified atom stereocenters. The molecule has 2 rings (SSSR count). The summed E-state index contributed by atoms with van der Waals surface area (Å²) in [6.45, 7) is 1.47. The van der Waals surface area contributed by atoms with Crippen LogP contribution in [0.25, 0.3) is 0 Å². The molecule has 2 N–H and O–H groups in total. The van der Waals surface area contributed by atoms with Gasteiger partial charge in [-0.25, -0.2) is 13.1 Å². The first-order chi connectivity index (χ1) is 9.32. The molecule has 0 aromatic carbocycles. The van der Waals surface area contributed by atoms with Gasteiger partial charge in [0.2, 0.25) is 15.9 Å². The molecule has 0 aromatic heterocycles. The van der Waals surface area contributed by atoms with Crippen molar-refractivity contribution < 1.29 is 18.3 Å². The lowest BCUT2D eigenvalue weighted by Gasteiger charge is -2.42. The number of hydrogen-bond acceptors (Lipinski definition) is 4. The second-order valence-electron chi connectivity index (χ2n) is 6.11. The zero-order valence-corrected chi connectivity index (χ0v) is 12.8. The van der Waals surface area contributed by atoms with Crippen molar-refractivity contribution in [1.82, 2.24) is 9.62 Å². The standard InChI is InChI=1S/C13H24N2O4S/c1-20(18,19)14-8-5-12(17)15-9-3-7-13(10-15)6-2-4-11(13)16/h11,14,16H,2-10H2,1H3/t11-,13-/m1/s1. The molecule has 0 aromatic rings. The Morgan fingerprint density at radius 2 is 2.10 bits per heavy atom. The van der Waals surface area contributed by atoms with Gasteiger partial charge >= 0.3 is 0 Å². The molecule has 1 aliphatic carbocycles. The lowest BCUT2D eigenvalue weighted by Crippen LogP contribution is -2.49.